The standard InChI is InChI=1S/C22H32N4O3/c1-6-8-19(25-12-14(3)23-15(4)13-25)20-24-18-11-16(22(28)29-5)9-10-17(18)21(27)26(20)7-2/h9-11,14-15,19,23H,6-8,12-13H2,1-5H3/t14-,15+,19?. The molecule has 3 rings (SSSR count). The van der Waals surface area contributed by atoms with Crippen molar-refractivity contribution in [2.24, 2.45) is 0 Å². The monoisotopic (exact) mass is 400 g/mol. The molecule has 29 heavy (non-hydrogen) atoms. The Morgan fingerprint density at radius 3 is 2.55 bits per heavy atom. The number of benzene rings is 1. The van der Waals surface area contributed by atoms with Crippen LogP contribution in [0.1, 0.15) is 62.8 Å². The predicted molar refractivity (Wildman–Crippen MR) is 114 cm³/mol. The van der Waals surface area contributed by atoms with Crippen LogP contribution in [0.15, 0.2) is 23.0 Å². The highest BCUT2D eigenvalue weighted by molar-refractivity contribution is 5.94. The number of piperazine rings is 1. The minimum absolute atomic E-state index is 0.0544. The van der Waals surface area contributed by atoms with Crippen molar-refractivity contribution in [1.82, 2.24) is 19.8 Å². The van der Waals surface area contributed by atoms with Crippen LogP contribution in [0, 0.1) is 0 Å². The van der Waals surface area contributed by atoms with E-state index in [1.807, 2.05) is 6.92 Å². The quantitative estimate of drug-likeness (QED) is 0.752. The van der Waals surface area contributed by atoms with Crippen LogP contribution < -0.4 is 10.9 Å². The molecule has 0 spiro atoms. The van der Waals surface area contributed by atoms with Gasteiger partial charge in [-0.25, -0.2) is 9.78 Å². The van der Waals surface area contributed by atoms with Gasteiger partial charge in [0.05, 0.1) is 29.6 Å². The zero-order valence-corrected chi connectivity index (χ0v) is 18.1. The van der Waals surface area contributed by atoms with Gasteiger partial charge in [0, 0.05) is 31.7 Å². The van der Waals surface area contributed by atoms with Gasteiger partial charge in [-0.2, -0.15) is 0 Å². The Labute approximate surface area is 172 Å². The van der Waals surface area contributed by atoms with E-state index < -0.39 is 5.97 Å². The van der Waals surface area contributed by atoms with Crippen LogP contribution >= 0.6 is 0 Å². The SMILES string of the molecule is CCCC(c1nc2cc(C(=O)OC)ccc2c(=O)n1CC)N1C[C@@H](C)N[C@@H](C)C1. The topological polar surface area (TPSA) is 76.5 Å². The third kappa shape index (κ3) is 4.36. The fourth-order valence-corrected chi connectivity index (χ4v) is 4.42. The van der Waals surface area contributed by atoms with Gasteiger partial charge in [-0.15, -0.1) is 0 Å². The summed E-state index contributed by atoms with van der Waals surface area (Å²) in [5, 5.41) is 4.10. The van der Waals surface area contributed by atoms with Gasteiger partial charge < -0.3 is 10.1 Å². The van der Waals surface area contributed by atoms with Crippen LogP contribution in [0.3, 0.4) is 0 Å². The molecule has 1 aromatic carbocycles. The molecule has 0 saturated carbocycles. The Kier molecular flexibility index (Phi) is 6.70. The van der Waals surface area contributed by atoms with Crippen LogP contribution in [-0.4, -0.2) is 52.7 Å². The van der Waals surface area contributed by atoms with E-state index in [1.165, 1.54) is 7.11 Å². The maximum absolute atomic E-state index is 13.2. The first-order valence-corrected chi connectivity index (χ1v) is 10.5. The molecule has 1 fully saturated rings. The van der Waals surface area contributed by atoms with Crippen molar-refractivity contribution >= 4 is 16.9 Å². The third-order valence-corrected chi connectivity index (χ3v) is 5.61. The van der Waals surface area contributed by atoms with E-state index in [0.717, 1.165) is 31.8 Å². The Morgan fingerprint density at radius 1 is 1.28 bits per heavy atom. The molecule has 1 saturated heterocycles. The summed E-state index contributed by atoms with van der Waals surface area (Å²) in [6, 6.07) is 5.79. The van der Waals surface area contributed by atoms with Gasteiger partial charge in [-0.05, 0) is 45.4 Å². The number of rotatable bonds is 6. The number of carbonyl (C=O) groups excluding carboxylic acids is 1. The highest BCUT2D eigenvalue weighted by Gasteiger charge is 2.30. The number of fused-ring (bicyclic) bond motifs is 1. The summed E-state index contributed by atoms with van der Waals surface area (Å²) in [5.41, 5.74) is 0.903. The molecule has 7 heteroatoms. The van der Waals surface area contributed by atoms with Crippen molar-refractivity contribution in [3.05, 3.63) is 39.9 Å². The lowest BCUT2D eigenvalue weighted by molar-refractivity contribution is 0.0601. The van der Waals surface area contributed by atoms with Gasteiger partial charge in [-0.3, -0.25) is 14.3 Å². The summed E-state index contributed by atoms with van der Waals surface area (Å²) in [5.74, 6) is 0.361. The van der Waals surface area contributed by atoms with E-state index in [-0.39, 0.29) is 11.6 Å². The number of carbonyl (C=O) groups is 1. The van der Waals surface area contributed by atoms with Gasteiger partial charge >= 0.3 is 5.97 Å². The summed E-state index contributed by atoms with van der Waals surface area (Å²) < 4.78 is 6.62. The number of hydrogen-bond acceptors (Lipinski definition) is 6. The first-order valence-electron chi connectivity index (χ1n) is 10.5. The first kappa shape index (κ1) is 21.5. The molecule has 0 bridgehead atoms. The Morgan fingerprint density at radius 2 is 1.97 bits per heavy atom. The molecular weight excluding hydrogens is 368 g/mol. The molecule has 3 atom stereocenters. The second-order valence-corrected chi connectivity index (χ2v) is 7.97. The number of nitrogens with zero attached hydrogens (tertiary/aromatic N) is 3. The number of hydrogen-bond donors (Lipinski definition) is 1. The number of nitrogens with one attached hydrogen (secondary N) is 1. The van der Waals surface area contributed by atoms with E-state index in [4.69, 9.17) is 9.72 Å². The molecule has 1 N–H and O–H groups in total. The fourth-order valence-electron chi connectivity index (χ4n) is 4.42. The number of aromatic nitrogens is 2. The van der Waals surface area contributed by atoms with Crippen LogP contribution in [-0.2, 0) is 11.3 Å². The molecule has 2 aromatic rings. The molecule has 1 aliphatic rings. The number of esters is 1. The van der Waals surface area contributed by atoms with Crippen molar-refractivity contribution in [2.75, 3.05) is 20.2 Å². The lowest BCUT2D eigenvalue weighted by Crippen LogP contribution is -2.55. The maximum Gasteiger partial charge on any atom is 0.337 e. The molecule has 0 amide bonds. The van der Waals surface area contributed by atoms with Crippen LogP contribution in [0.2, 0.25) is 0 Å². The molecule has 0 radical (unpaired) electrons. The molecule has 1 unspecified atom stereocenters. The minimum Gasteiger partial charge on any atom is -0.465 e. The highest BCUT2D eigenvalue weighted by atomic mass is 16.5. The van der Waals surface area contributed by atoms with Crippen LogP contribution in [0.25, 0.3) is 10.9 Å². The van der Waals surface area contributed by atoms with Gasteiger partial charge in [0.25, 0.3) is 5.56 Å². The largest absolute Gasteiger partial charge is 0.465 e. The molecule has 158 valence electrons. The second-order valence-electron chi connectivity index (χ2n) is 7.97. The summed E-state index contributed by atoms with van der Waals surface area (Å²) in [6.07, 6.45) is 1.92. The van der Waals surface area contributed by atoms with Crippen LogP contribution in [0.5, 0.6) is 0 Å². The molecule has 1 aliphatic heterocycles. The molecule has 7 nitrogen and oxygen atoms in total. The summed E-state index contributed by atoms with van der Waals surface area (Å²) in [4.78, 5) is 32.5. The lowest BCUT2D eigenvalue weighted by atomic mass is 10.0. The fraction of sp³-hybridized carbons (Fsp3) is 0.591. The molecular formula is C22H32N4O3. The first-order chi connectivity index (χ1) is 13.9. The third-order valence-electron chi connectivity index (χ3n) is 5.61. The van der Waals surface area contributed by atoms with E-state index >= 15 is 0 Å². The van der Waals surface area contributed by atoms with Crippen molar-refractivity contribution in [1.29, 1.82) is 0 Å². The van der Waals surface area contributed by atoms with Gasteiger partial charge in [0.15, 0.2) is 0 Å². The smallest absolute Gasteiger partial charge is 0.337 e. The zero-order valence-electron chi connectivity index (χ0n) is 18.1. The van der Waals surface area contributed by atoms with Gasteiger partial charge in [-0.1, -0.05) is 13.3 Å². The Hall–Kier alpha value is -2.25. The van der Waals surface area contributed by atoms with Gasteiger partial charge in [0.2, 0.25) is 0 Å². The van der Waals surface area contributed by atoms with Crippen LogP contribution in [0.4, 0.5) is 0 Å². The van der Waals surface area contributed by atoms with Gasteiger partial charge in [0.1, 0.15) is 5.82 Å². The minimum atomic E-state index is -0.426. The van der Waals surface area contributed by atoms with E-state index in [9.17, 15) is 9.59 Å². The maximum atomic E-state index is 13.2. The Bertz CT molecular complexity index is 930. The molecule has 1 aromatic heterocycles. The van der Waals surface area contributed by atoms with E-state index in [1.54, 1.807) is 22.8 Å². The highest BCUT2D eigenvalue weighted by Crippen LogP contribution is 2.27. The molecule has 2 heterocycles. The summed E-state index contributed by atoms with van der Waals surface area (Å²) >= 11 is 0. The van der Waals surface area contributed by atoms with E-state index in [2.05, 4.69) is 31.0 Å². The number of methoxy groups -OCH3 is 1. The normalized spacial score (nSPS) is 21.3. The Balaban J connectivity index is 2.15. The molecule has 0 aliphatic carbocycles. The van der Waals surface area contributed by atoms with Crippen molar-refractivity contribution in [2.45, 2.75) is 65.2 Å². The summed E-state index contributed by atoms with van der Waals surface area (Å²) in [7, 11) is 1.35. The average molecular weight is 401 g/mol. The lowest BCUT2D eigenvalue weighted by Gasteiger charge is -2.41. The van der Waals surface area contributed by atoms with Crippen molar-refractivity contribution < 1.29 is 9.53 Å². The zero-order chi connectivity index (χ0) is 21.1. The van der Waals surface area contributed by atoms with E-state index in [0.29, 0.717) is 35.1 Å². The second kappa shape index (κ2) is 9.05. The average Bonchev–Trinajstić information content (AvgIpc) is 2.70. The van der Waals surface area contributed by atoms with Crippen molar-refractivity contribution in [3.63, 3.8) is 0 Å². The predicted octanol–water partition coefficient (Wildman–Crippen LogP) is 2.73. The number of ether oxygens (including phenoxy) is 1. The summed E-state index contributed by atoms with van der Waals surface area (Å²) in [6.45, 7) is 10.9. The van der Waals surface area contributed by atoms with Crippen molar-refractivity contribution in [3.8, 4) is 0 Å².